The Morgan fingerprint density at radius 2 is 1.57 bits per heavy atom. The van der Waals surface area contributed by atoms with Crippen LogP contribution in [-0.4, -0.2) is 4.98 Å². The van der Waals surface area contributed by atoms with Crippen molar-refractivity contribution < 1.29 is 0 Å². The van der Waals surface area contributed by atoms with Gasteiger partial charge in [-0.3, -0.25) is 4.98 Å². The summed E-state index contributed by atoms with van der Waals surface area (Å²) in [5.41, 5.74) is 8.14. The first-order valence-electron chi connectivity index (χ1n) is 7.26. The molecule has 106 valence electrons. The molecule has 0 aliphatic heterocycles. The van der Waals surface area contributed by atoms with Gasteiger partial charge in [0, 0.05) is 22.5 Å². The van der Waals surface area contributed by atoms with Gasteiger partial charge in [0.2, 0.25) is 0 Å². The van der Waals surface area contributed by atoms with Gasteiger partial charge in [0.1, 0.15) is 0 Å². The smallest absolute Gasteiger partial charge is 0.0757 e. The van der Waals surface area contributed by atoms with Gasteiger partial charge in [-0.15, -0.1) is 0 Å². The second-order valence-corrected chi connectivity index (χ2v) is 5.71. The topological polar surface area (TPSA) is 24.9 Å². The molecule has 0 aliphatic rings. The van der Waals surface area contributed by atoms with E-state index in [1.807, 2.05) is 6.92 Å². The van der Waals surface area contributed by atoms with Gasteiger partial charge in [0.15, 0.2) is 0 Å². The minimum Gasteiger partial charge on any atom is -0.355 e. The molecule has 0 bridgehead atoms. The lowest BCUT2D eigenvalue weighted by Crippen LogP contribution is -1.97. The van der Waals surface area contributed by atoms with E-state index in [9.17, 15) is 0 Å². The molecule has 1 N–H and O–H groups in total. The highest BCUT2D eigenvalue weighted by molar-refractivity contribution is 5.95. The fraction of sp³-hybridized carbons (Fsp3) is 0.211. The molecular formula is C19H20N2. The number of benzene rings is 2. The summed E-state index contributed by atoms with van der Waals surface area (Å²) in [5, 5.41) is 4.69. The molecule has 0 atom stereocenters. The molecule has 0 unspecified atom stereocenters. The summed E-state index contributed by atoms with van der Waals surface area (Å²) in [6, 6.07) is 14.9. The van der Waals surface area contributed by atoms with Crippen molar-refractivity contribution in [2.24, 2.45) is 0 Å². The van der Waals surface area contributed by atoms with Crippen LogP contribution in [0.4, 0.5) is 11.4 Å². The van der Waals surface area contributed by atoms with Gasteiger partial charge in [0.05, 0.1) is 5.52 Å². The Balaban J connectivity index is 2.13. The van der Waals surface area contributed by atoms with Crippen LogP contribution in [0.1, 0.15) is 22.4 Å². The Morgan fingerprint density at radius 3 is 2.29 bits per heavy atom. The minimum absolute atomic E-state index is 1.03. The summed E-state index contributed by atoms with van der Waals surface area (Å²) in [6.07, 6.45) is 0. The van der Waals surface area contributed by atoms with Crippen LogP contribution in [0.15, 0.2) is 42.5 Å². The molecule has 1 heterocycles. The Kier molecular flexibility index (Phi) is 3.38. The number of rotatable bonds is 2. The standard InChI is InChI=1S/C19H20N2/c1-12-5-8-16(9-6-12)21-18-11-14(3)20-19-15(4)13(2)7-10-17(18)19/h5-11H,1-4H3,(H,20,21). The van der Waals surface area contributed by atoms with Gasteiger partial charge in [-0.05, 0) is 57.0 Å². The van der Waals surface area contributed by atoms with E-state index in [2.05, 4.69) is 68.6 Å². The van der Waals surface area contributed by atoms with Crippen molar-refractivity contribution in [2.75, 3.05) is 5.32 Å². The molecular weight excluding hydrogens is 256 g/mol. The summed E-state index contributed by atoms with van der Waals surface area (Å²) in [5.74, 6) is 0. The van der Waals surface area contributed by atoms with Crippen LogP contribution >= 0.6 is 0 Å². The summed E-state index contributed by atoms with van der Waals surface area (Å²) in [4.78, 5) is 4.71. The van der Waals surface area contributed by atoms with Gasteiger partial charge >= 0.3 is 0 Å². The van der Waals surface area contributed by atoms with Crippen molar-refractivity contribution in [3.05, 3.63) is 64.8 Å². The van der Waals surface area contributed by atoms with E-state index in [1.54, 1.807) is 0 Å². The number of fused-ring (bicyclic) bond motifs is 1. The molecule has 1 aromatic heterocycles. The Morgan fingerprint density at radius 1 is 0.857 bits per heavy atom. The van der Waals surface area contributed by atoms with Crippen LogP contribution in [0.25, 0.3) is 10.9 Å². The number of anilines is 2. The van der Waals surface area contributed by atoms with Crippen molar-refractivity contribution in [3.63, 3.8) is 0 Å². The summed E-state index contributed by atoms with van der Waals surface area (Å²) >= 11 is 0. The molecule has 3 aromatic rings. The molecule has 0 radical (unpaired) electrons. The average molecular weight is 276 g/mol. The number of aryl methyl sites for hydroxylation is 4. The molecule has 0 saturated heterocycles. The van der Waals surface area contributed by atoms with E-state index in [0.717, 1.165) is 22.6 Å². The predicted molar refractivity (Wildman–Crippen MR) is 90.4 cm³/mol. The Bertz CT molecular complexity index is 802. The Hall–Kier alpha value is -2.35. The van der Waals surface area contributed by atoms with E-state index in [0.29, 0.717) is 0 Å². The summed E-state index contributed by atoms with van der Waals surface area (Å²) in [6.45, 7) is 8.41. The van der Waals surface area contributed by atoms with Crippen LogP contribution in [0.2, 0.25) is 0 Å². The van der Waals surface area contributed by atoms with E-state index in [-0.39, 0.29) is 0 Å². The Labute approximate surface area is 125 Å². The zero-order valence-corrected chi connectivity index (χ0v) is 13.0. The first-order valence-corrected chi connectivity index (χ1v) is 7.26. The average Bonchev–Trinajstić information content (AvgIpc) is 2.46. The van der Waals surface area contributed by atoms with Crippen molar-refractivity contribution in [1.29, 1.82) is 0 Å². The zero-order chi connectivity index (χ0) is 15.0. The van der Waals surface area contributed by atoms with Crippen molar-refractivity contribution in [3.8, 4) is 0 Å². The summed E-state index contributed by atoms with van der Waals surface area (Å²) in [7, 11) is 0. The fourth-order valence-electron chi connectivity index (χ4n) is 2.55. The molecule has 2 aromatic carbocycles. The maximum Gasteiger partial charge on any atom is 0.0757 e. The van der Waals surface area contributed by atoms with E-state index >= 15 is 0 Å². The molecule has 0 saturated carbocycles. The number of nitrogens with zero attached hydrogens (tertiary/aromatic N) is 1. The first-order chi connectivity index (χ1) is 10.0. The predicted octanol–water partition coefficient (Wildman–Crippen LogP) is 5.21. The highest BCUT2D eigenvalue weighted by Crippen LogP contribution is 2.29. The normalized spacial score (nSPS) is 10.9. The van der Waals surface area contributed by atoms with E-state index < -0.39 is 0 Å². The van der Waals surface area contributed by atoms with Crippen molar-refractivity contribution in [2.45, 2.75) is 27.7 Å². The lowest BCUT2D eigenvalue weighted by Gasteiger charge is -2.13. The minimum atomic E-state index is 1.03. The third-order valence-electron chi connectivity index (χ3n) is 3.96. The molecule has 0 aliphatic carbocycles. The number of aromatic nitrogens is 1. The number of nitrogens with one attached hydrogen (secondary N) is 1. The third kappa shape index (κ3) is 2.62. The second-order valence-electron chi connectivity index (χ2n) is 5.71. The highest BCUT2D eigenvalue weighted by atomic mass is 14.9. The number of pyridine rings is 1. The maximum absolute atomic E-state index is 4.71. The zero-order valence-electron chi connectivity index (χ0n) is 13.0. The molecule has 2 heteroatoms. The van der Waals surface area contributed by atoms with Gasteiger partial charge in [-0.2, -0.15) is 0 Å². The highest BCUT2D eigenvalue weighted by Gasteiger charge is 2.08. The van der Waals surface area contributed by atoms with E-state index in [4.69, 9.17) is 4.98 Å². The number of hydrogen-bond acceptors (Lipinski definition) is 2. The maximum atomic E-state index is 4.71. The van der Waals surface area contributed by atoms with Crippen LogP contribution < -0.4 is 5.32 Å². The largest absolute Gasteiger partial charge is 0.355 e. The van der Waals surface area contributed by atoms with Gasteiger partial charge in [-0.1, -0.05) is 29.8 Å². The molecule has 0 spiro atoms. The molecule has 2 nitrogen and oxygen atoms in total. The van der Waals surface area contributed by atoms with Gasteiger partial charge < -0.3 is 5.32 Å². The fourth-order valence-corrected chi connectivity index (χ4v) is 2.55. The SMILES string of the molecule is Cc1ccc(Nc2cc(C)nc3c(C)c(C)ccc23)cc1. The molecule has 3 rings (SSSR count). The van der Waals surface area contributed by atoms with Gasteiger partial charge in [0.25, 0.3) is 0 Å². The van der Waals surface area contributed by atoms with Crippen LogP contribution in [0.5, 0.6) is 0 Å². The van der Waals surface area contributed by atoms with Crippen molar-refractivity contribution >= 4 is 22.3 Å². The van der Waals surface area contributed by atoms with Crippen LogP contribution in [0, 0.1) is 27.7 Å². The lowest BCUT2D eigenvalue weighted by molar-refractivity contribution is 1.23. The van der Waals surface area contributed by atoms with Crippen LogP contribution in [0.3, 0.4) is 0 Å². The molecule has 0 amide bonds. The third-order valence-corrected chi connectivity index (χ3v) is 3.96. The summed E-state index contributed by atoms with van der Waals surface area (Å²) < 4.78 is 0. The van der Waals surface area contributed by atoms with Gasteiger partial charge in [-0.25, -0.2) is 0 Å². The quantitative estimate of drug-likeness (QED) is 0.694. The van der Waals surface area contributed by atoms with Crippen LogP contribution in [-0.2, 0) is 0 Å². The lowest BCUT2D eigenvalue weighted by atomic mass is 10.0. The first kappa shape index (κ1) is 13.6. The second kappa shape index (κ2) is 5.21. The number of hydrogen-bond donors (Lipinski definition) is 1. The monoisotopic (exact) mass is 276 g/mol. The van der Waals surface area contributed by atoms with E-state index in [1.165, 1.54) is 22.1 Å². The van der Waals surface area contributed by atoms with Crippen molar-refractivity contribution in [1.82, 2.24) is 4.98 Å². The molecule has 21 heavy (non-hydrogen) atoms. The molecule has 0 fully saturated rings.